The zero-order valence-corrected chi connectivity index (χ0v) is 13.7. The molecule has 0 fully saturated rings. The lowest BCUT2D eigenvalue weighted by atomic mass is 10.1. The van der Waals surface area contributed by atoms with Gasteiger partial charge in [0.15, 0.2) is 0 Å². The second-order valence-corrected chi connectivity index (χ2v) is 5.68. The number of rotatable bonds is 7. The topological polar surface area (TPSA) is 64.0 Å². The van der Waals surface area contributed by atoms with Gasteiger partial charge in [-0.1, -0.05) is 37.3 Å². The quantitative estimate of drug-likeness (QED) is 0.853. The van der Waals surface area contributed by atoms with E-state index in [1.165, 1.54) is 22.4 Å². The van der Waals surface area contributed by atoms with Crippen LogP contribution in [0.3, 0.4) is 0 Å². The molecule has 0 aliphatic carbocycles. The number of amides is 1. The predicted octanol–water partition coefficient (Wildman–Crippen LogP) is 2.40. The average Bonchev–Trinajstić information content (AvgIpc) is 2.56. The van der Waals surface area contributed by atoms with Crippen LogP contribution in [-0.2, 0) is 13.0 Å². The number of aromatic nitrogens is 2. The molecule has 1 N–H and O–H groups in total. The Balaban J connectivity index is 1.93. The molecular formula is C18H23N3O2. The summed E-state index contributed by atoms with van der Waals surface area (Å²) < 4.78 is 1.34. The van der Waals surface area contributed by atoms with Gasteiger partial charge in [0.1, 0.15) is 5.69 Å². The molecule has 0 saturated carbocycles. The molecule has 0 aliphatic heterocycles. The van der Waals surface area contributed by atoms with E-state index in [1.54, 1.807) is 0 Å². The lowest BCUT2D eigenvalue weighted by Crippen LogP contribution is -2.35. The summed E-state index contributed by atoms with van der Waals surface area (Å²) >= 11 is 0. The van der Waals surface area contributed by atoms with E-state index in [0.29, 0.717) is 6.54 Å². The third-order valence-corrected chi connectivity index (χ3v) is 3.62. The molecule has 5 nitrogen and oxygen atoms in total. The van der Waals surface area contributed by atoms with Crippen LogP contribution in [0.1, 0.15) is 42.7 Å². The van der Waals surface area contributed by atoms with Gasteiger partial charge in [0.05, 0.1) is 0 Å². The Bertz CT molecular complexity index is 695. The van der Waals surface area contributed by atoms with Gasteiger partial charge < -0.3 is 5.32 Å². The Morgan fingerprint density at radius 1 is 1.22 bits per heavy atom. The number of carbonyl (C=O) groups excluding carboxylic acids is 1. The van der Waals surface area contributed by atoms with Gasteiger partial charge in [-0.05, 0) is 37.8 Å². The second-order valence-electron chi connectivity index (χ2n) is 5.68. The standard InChI is InChI=1S/C18H23N3O2/c1-3-13-21-17(22)12-11-16(20-21)18(23)19-14(2)9-10-15-7-5-4-6-8-15/h4-8,11-12,14H,3,9-10,13H2,1-2H3,(H,19,23)/t14-/m1/s1. The van der Waals surface area contributed by atoms with Gasteiger partial charge >= 0.3 is 0 Å². The lowest BCUT2D eigenvalue weighted by molar-refractivity contribution is 0.0930. The van der Waals surface area contributed by atoms with E-state index in [-0.39, 0.29) is 23.2 Å². The molecule has 0 unspecified atom stereocenters. The summed E-state index contributed by atoms with van der Waals surface area (Å²) in [6.45, 7) is 4.46. The molecule has 0 spiro atoms. The molecule has 2 aromatic rings. The summed E-state index contributed by atoms with van der Waals surface area (Å²) in [4.78, 5) is 23.9. The monoisotopic (exact) mass is 313 g/mol. The fourth-order valence-electron chi connectivity index (χ4n) is 2.34. The van der Waals surface area contributed by atoms with E-state index in [1.807, 2.05) is 32.0 Å². The Labute approximate surface area is 136 Å². The normalized spacial score (nSPS) is 11.9. The molecule has 122 valence electrons. The van der Waals surface area contributed by atoms with Gasteiger partial charge in [-0.2, -0.15) is 5.10 Å². The molecule has 1 aromatic carbocycles. The van der Waals surface area contributed by atoms with Gasteiger partial charge in [0, 0.05) is 18.7 Å². The van der Waals surface area contributed by atoms with E-state index >= 15 is 0 Å². The van der Waals surface area contributed by atoms with Crippen molar-refractivity contribution in [1.29, 1.82) is 0 Å². The van der Waals surface area contributed by atoms with Crippen molar-refractivity contribution in [3.8, 4) is 0 Å². The van der Waals surface area contributed by atoms with Crippen LogP contribution in [0, 0.1) is 0 Å². The van der Waals surface area contributed by atoms with Crippen LogP contribution in [-0.4, -0.2) is 21.7 Å². The number of hydrogen-bond donors (Lipinski definition) is 1. The lowest BCUT2D eigenvalue weighted by Gasteiger charge is -2.14. The molecule has 0 saturated heterocycles. The molecule has 2 rings (SSSR count). The molecule has 0 bridgehead atoms. The van der Waals surface area contributed by atoms with Gasteiger partial charge in [-0.15, -0.1) is 0 Å². The van der Waals surface area contributed by atoms with E-state index in [4.69, 9.17) is 0 Å². The first kappa shape index (κ1) is 16.9. The summed E-state index contributed by atoms with van der Waals surface area (Å²) in [6.07, 6.45) is 2.56. The minimum Gasteiger partial charge on any atom is -0.348 e. The van der Waals surface area contributed by atoms with Crippen molar-refractivity contribution in [2.75, 3.05) is 0 Å². The number of nitrogens with zero attached hydrogens (tertiary/aromatic N) is 2. The highest BCUT2D eigenvalue weighted by Gasteiger charge is 2.12. The summed E-state index contributed by atoms with van der Waals surface area (Å²) in [7, 11) is 0. The highest BCUT2D eigenvalue weighted by molar-refractivity contribution is 5.92. The van der Waals surface area contributed by atoms with Crippen molar-refractivity contribution in [2.45, 2.75) is 45.7 Å². The average molecular weight is 313 g/mol. The Kier molecular flexibility index (Phi) is 6.09. The fraction of sp³-hybridized carbons (Fsp3) is 0.389. The van der Waals surface area contributed by atoms with E-state index in [9.17, 15) is 9.59 Å². The van der Waals surface area contributed by atoms with Gasteiger partial charge in [0.25, 0.3) is 11.5 Å². The third-order valence-electron chi connectivity index (χ3n) is 3.62. The molecule has 0 radical (unpaired) electrons. The first-order valence-electron chi connectivity index (χ1n) is 8.03. The first-order chi connectivity index (χ1) is 11.1. The van der Waals surface area contributed by atoms with Crippen molar-refractivity contribution >= 4 is 5.91 Å². The van der Waals surface area contributed by atoms with Crippen molar-refractivity contribution in [3.05, 3.63) is 64.1 Å². The number of nitrogens with one attached hydrogen (secondary N) is 1. The maximum Gasteiger partial charge on any atom is 0.271 e. The zero-order valence-electron chi connectivity index (χ0n) is 13.7. The highest BCUT2D eigenvalue weighted by Crippen LogP contribution is 2.05. The smallest absolute Gasteiger partial charge is 0.271 e. The molecular weight excluding hydrogens is 290 g/mol. The summed E-state index contributed by atoms with van der Waals surface area (Å²) in [5, 5.41) is 7.06. The van der Waals surface area contributed by atoms with Crippen LogP contribution in [0.2, 0.25) is 0 Å². The SMILES string of the molecule is CCCn1nc(C(=O)N[C@H](C)CCc2ccccc2)ccc1=O. The van der Waals surface area contributed by atoms with E-state index < -0.39 is 0 Å². The Morgan fingerprint density at radius 2 is 1.96 bits per heavy atom. The second kappa shape index (κ2) is 8.27. The minimum atomic E-state index is -0.240. The van der Waals surface area contributed by atoms with E-state index in [2.05, 4.69) is 22.5 Å². The molecule has 23 heavy (non-hydrogen) atoms. The summed E-state index contributed by atoms with van der Waals surface area (Å²) in [6, 6.07) is 13.1. The first-order valence-corrected chi connectivity index (χ1v) is 8.03. The number of aryl methyl sites for hydroxylation is 2. The van der Waals surface area contributed by atoms with Crippen LogP contribution in [0.4, 0.5) is 0 Å². The van der Waals surface area contributed by atoms with Crippen LogP contribution < -0.4 is 10.9 Å². The molecule has 1 amide bonds. The number of hydrogen-bond acceptors (Lipinski definition) is 3. The van der Waals surface area contributed by atoms with Crippen molar-refractivity contribution in [1.82, 2.24) is 15.1 Å². The Morgan fingerprint density at radius 3 is 2.65 bits per heavy atom. The zero-order chi connectivity index (χ0) is 16.7. The maximum absolute atomic E-state index is 12.2. The van der Waals surface area contributed by atoms with Crippen molar-refractivity contribution in [2.24, 2.45) is 0 Å². The number of carbonyl (C=O) groups is 1. The van der Waals surface area contributed by atoms with Crippen molar-refractivity contribution in [3.63, 3.8) is 0 Å². The molecule has 1 atom stereocenters. The largest absolute Gasteiger partial charge is 0.348 e. The number of benzene rings is 1. The van der Waals surface area contributed by atoms with Gasteiger partial charge in [-0.3, -0.25) is 9.59 Å². The minimum absolute atomic E-state index is 0.0380. The maximum atomic E-state index is 12.2. The Hall–Kier alpha value is -2.43. The van der Waals surface area contributed by atoms with Crippen LogP contribution >= 0.6 is 0 Å². The fourth-order valence-corrected chi connectivity index (χ4v) is 2.34. The van der Waals surface area contributed by atoms with Crippen LogP contribution in [0.15, 0.2) is 47.3 Å². The molecule has 5 heteroatoms. The summed E-state index contributed by atoms with van der Waals surface area (Å²) in [5.74, 6) is -0.240. The van der Waals surface area contributed by atoms with Gasteiger partial charge in [0.2, 0.25) is 0 Å². The predicted molar refractivity (Wildman–Crippen MR) is 90.5 cm³/mol. The van der Waals surface area contributed by atoms with E-state index in [0.717, 1.165) is 19.3 Å². The molecule has 0 aliphatic rings. The molecule has 1 heterocycles. The van der Waals surface area contributed by atoms with Crippen LogP contribution in [0.5, 0.6) is 0 Å². The van der Waals surface area contributed by atoms with Crippen molar-refractivity contribution < 1.29 is 4.79 Å². The van der Waals surface area contributed by atoms with Crippen LogP contribution in [0.25, 0.3) is 0 Å². The highest BCUT2D eigenvalue weighted by atomic mass is 16.2. The third kappa shape index (κ3) is 5.06. The summed E-state index contributed by atoms with van der Waals surface area (Å²) in [5.41, 5.74) is 1.35. The molecule has 1 aromatic heterocycles. The van der Waals surface area contributed by atoms with Gasteiger partial charge in [-0.25, -0.2) is 4.68 Å².